The lowest BCUT2D eigenvalue weighted by molar-refractivity contribution is 0.271. The van der Waals surface area contributed by atoms with Gasteiger partial charge in [0, 0.05) is 82.6 Å². The van der Waals surface area contributed by atoms with Crippen LogP contribution in [0.1, 0.15) is 5.56 Å². The minimum absolute atomic E-state index is 0.138. The number of piperazine rings is 2. The van der Waals surface area contributed by atoms with Gasteiger partial charge < -0.3 is 20.0 Å². The fraction of sp³-hybridized carbons (Fsp3) is 0.406. The van der Waals surface area contributed by atoms with Gasteiger partial charge in [-0.05, 0) is 44.3 Å². The lowest BCUT2D eigenvalue weighted by Gasteiger charge is -2.36. The van der Waals surface area contributed by atoms with E-state index in [-0.39, 0.29) is 11.6 Å². The van der Waals surface area contributed by atoms with E-state index in [1.165, 1.54) is 12.3 Å². The molecule has 238 valence electrons. The molecule has 0 radical (unpaired) electrons. The summed E-state index contributed by atoms with van der Waals surface area (Å²) >= 11 is 1.64. The summed E-state index contributed by atoms with van der Waals surface area (Å²) < 4.78 is 38.3. The van der Waals surface area contributed by atoms with Gasteiger partial charge >= 0.3 is 0 Å². The predicted octanol–water partition coefficient (Wildman–Crippen LogP) is 4.38. The van der Waals surface area contributed by atoms with Crippen LogP contribution >= 0.6 is 11.3 Å². The molecule has 13 heteroatoms. The van der Waals surface area contributed by atoms with E-state index in [2.05, 4.69) is 57.2 Å². The van der Waals surface area contributed by atoms with Gasteiger partial charge in [-0.3, -0.25) is 4.90 Å². The van der Waals surface area contributed by atoms with E-state index >= 15 is 4.39 Å². The first-order valence-corrected chi connectivity index (χ1v) is 18.1. The lowest BCUT2D eigenvalue weighted by Crippen LogP contribution is -2.47. The van der Waals surface area contributed by atoms with Crippen LogP contribution in [-0.4, -0.2) is 111 Å². The summed E-state index contributed by atoms with van der Waals surface area (Å²) in [6.45, 7) is 9.06. The van der Waals surface area contributed by atoms with Crippen LogP contribution in [0.3, 0.4) is 0 Å². The number of thiazole rings is 1. The van der Waals surface area contributed by atoms with E-state index in [9.17, 15) is 8.42 Å². The number of aromatic nitrogens is 3. The Morgan fingerprint density at radius 3 is 2.40 bits per heavy atom. The van der Waals surface area contributed by atoms with Crippen LogP contribution in [0.5, 0.6) is 0 Å². The molecule has 2 aromatic heterocycles. The maximum absolute atomic E-state index is 15.3. The molecule has 0 unspecified atom stereocenters. The first-order valence-electron chi connectivity index (χ1n) is 15.2. The van der Waals surface area contributed by atoms with Gasteiger partial charge in [0.15, 0.2) is 5.13 Å². The molecule has 45 heavy (non-hydrogen) atoms. The van der Waals surface area contributed by atoms with Crippen molar-refractivity contribution >= 4 is 43.6 Å². The molecule has 0 saturated carbocycles. The highest BCUT2D eigenvalue weighted by Gasteiger charge is 2.23. The van der Waals surface area contributed by atoms with E-state index in [1.807, 2.05) is 23.1 Å². The van der Waals surface area contributed by atoms with Gasteiger partial charge in [-0.25, -0.2) is 27.8 Å². The molecule has 0 aliphatic carbocycles. The number of anilines is 4. The Labute approximate surface area is 268 Å². The smallest absolute Gasteiger partial charge is 0.227 e. The molecule has 2 aromatic carbocycles. The van der Waals surface area contributed by atoms with Crippen molar-refractivity contribution in [2.24, 2.45) is 0 Å². The largest absolute Gasteiger partial charge is 0.367 e. The van der Waals surface area contributed by atoms with Crippen molar-refractivity contribution in [2.75, 3.05) is 93.1 Å². The van der Waals surface area contributed by atoms with Crippen molar-refractivity contribution in [1.82, 2.24) is 24.8 Å². The molecule has 2 aliphatic rings. The SMILES string of the molecule is Cc1cccc(-c2nc(N3CCN(C)CC3)sc2-c2ccnc(Nc3ccc(N4CCN(CCS(C)(=O)=O)CC4)c(F)c3)n2)c1. The first-order chi connectivity index (χ1) is 21.6. The van der Waals surface area contributed by atoms with Gasteiger partial charge in [-0.15, -0.1) is 0 Å². The number of likely N-dealkylation sites (N-methyl/N-ethyl adjacent to an activating group) is 1. The van der Waals surface area contributed by atoms with Crippen molar-refractivity contribution < 1.29 is 12.8 Å². The second-order valence-corrected chi connectivity index (χ2v) is 15.1. The van der Waals surface area contributed by atoms with Gasteiger partial charge in [-0.2, -0.15) is 0 Å². The Bertz CT molecular complexity index is 1750. The summed E-state index contributed by atoms with van der Waals surface area (Å²) in [5.74, 6) is 0.184. The fourth-order valence-corrected chi connectivity index (χ4v) is 7.33. The monoisotopic (exact) mass is 650 g/mol. The molecule has 4 aromatic rings. The van der Waals surface area contributed by atoms with Crippen LogP contribution in [0.25, 0.3) is 21.8 Å². The van der Waals surface area contributed by atoms with Crippen LogP contribution in [0.2, 0.25) is 0 Å². The van der Waals surface area contributed by atoms with Gasteiger partial charge in [0.2, 0.25) is 5.95 Å². The lowest BCUT2D eigenvalue weighted by atomic mass is 10.1. The number of rotatable bonds is 9. The summed E-state index contributed by atoms with van der Waals surface area (Å²) in [6.07, 6.45) is 2.97. The maximum atomic E-state index is 15.3. The maximum Gasteiger partial charge on any atom is 0.227 e. The zero-order chi connectivity index (χ0) is 31.6. The molecule has 0 atom stereocenters. The van der Waals surface area contributed by atoms with Gasteiger partial charge in [-0.1, -0.05) is 35.1 Å². The summed E-state index contributed by atoms with van der Waals surface area (Å²) in [7, 11) is -0.862. The van der Waals surface area contributed by atoms with Crippen LogP contribution in [0.4, 0.5) is 26.8 Å². The van der Waals surface area contributed by atoms with Crippen molar-refractivity contribution in [3.8, 4) is 21.8 Å². The third kappa shape index (κ3) is 7.78. The highest BCUT2D eigenvalue weighted by molar-refractivity contribution is 7.90. The number of nitrogens with one attached hydrogen (secondary N) is 1. The third-order valence-electron chi connectivity index (χ3n) is 8.26. The zero-order valence-corrected chi connectivity index (χ0v) is 27.5. The number of benzene rings is 2. The average Bonchev–Trinajstić information content (AvgIpc) is 3.46. The number of halogens is 1. The zero-order valence-electron chi connectivity index (χ0n) is 25.9. The summed E-state index contributed by atoms with van der Waals surface area (Å²) in [5.41, 5.74) is 4.95. The first kappa shape index (κ1) is 31.3. The summed E-state index contributed by atoms with van der Waals surface area (Å²) in [6, 6.07) is 15.3. The Hall–Kier alpha value is -3.65. The number of nitrogens with zero attached hydrogens (tertiary/aromatic N) is 7. The van der Waals surface area contributed by atoms with Crippen molar-refractivity contribution in [2.45, 2.75) is 6.92 Å². The molecule has 2 saturated heterocycles. The Kier molecular flexibility index (Phi) is 9.31. The highest BCUT2D eigenvalue weighted by atomic mass is 32.2. The number of aryl methyl sites for hydroxylation is 1. The molecule has 1 N–H and O–H groups in total. The minimum Gasteiger partial charge on any atom is -0.367 e. The quantitative estimate of drug-likeness (QED) is 0.281. The summed E-state index contributed by atoms with van der Waals surface area (Å²) in [4.78, 5) is 24.1. The van der Waals surface area contributed by atoms with Crippen LogP contribution in [-0.2, 0) is 9.84 Å². The number of sulfone groups is 1. The van der Waals surface area contributed by atoms with E-state index in [0.29, 0.717) is 50.0 Å². The molecule has 10 nitrogen and oxygen atoms in total. The topological polar surface area (TPSA) is 97.8 Å². The fourth-order valence-electron chi connectivity index (χ4n) is 5.63. The number of hydrogen-bond donors (Lipinski definition) is 1. The minimum atomic E-state index is -3.01. The van der Waals surface area contributed by atoms with Crippen LogP contribution < -0.4 is 15.1 Å². The standard InChI is InChI=1S/C32H39FN8O2S2/c1-23-5-4-6-24(21-23)29-30(44-32(37-29)41-15-11-38(2)12-16-41)27-9-10-34-31(36-27)35-25-7-8-28(26(33)22-25)40-17-13-39(14-18-40)19-20-45(3,42)43/h4-10,21-22H,11-20H2,1-3H3,(H,34,35,36). The van der Waals surface area contributed by atoms with Gasteiger partial charge in [0.05, 0.1) is 27.7 Å². The Morgan fingerprint density at radius 2 is 1.69 bits per heavy atom. The van der Waals surface area contributed by atoms with Gasteiger partial charge in [0.1, 0.15) is 15.7 Å². The molecular formula is C32H39FN8O2S2. The third-order valence-corrected chi connectivity index (χ3v) is 10.3. The van der Waals surface area contributed by atoms with Crippen molar-refractivity contribution in [3.63, 3.8) is 0 Å². The number of hydrogen-bond acceptors (Lipinski definition) is 11. The Morgan fingerprint density at radius 1 is 0.933 bits per heavy atom. The normalized spacial score (nSPS) is 16.7. The van der Waals surface area contributed by atoms with E-state index in [1.54, 1.807) is 23.6 Å². The van der Waals surface area contributed by atoms with Crippen LogP contribution in [0.15, 0.2) is 54.7 Å². The van der Waals surface area contributed by atoms with Crippen molar-refractivity contribution in [3.05, 3.63) is 66.1 Å². The van der Waals surface area contributed by atoms with E-state index in [0.717, 1.165) is 58.7 Å². The van der Waals surface area contributed by atoms with E-state index < -0.39 is 9.84 Å². The molecule has 0 bridgehead atoms. The van der Waals surface area contributed by atoms with Crippen molar-refractivity contribution in [1.29, 1.82) is 0 Å². The molecule has 0 amide bonds. The average molecular weight is 651 g/mol. The highest BCUT2D eigenvalue weighted by Crippen LogP contribution is 2.40. The summed E-state index contributed by atoms with van der Waals surface area (Å²) in [5, 5.41) is 4.17. The Balaban J connectivity index is 1.19. The second-order valence-electron chi connectivity index (χ2n) is 11.8. The molecule has 2 aliphatic heterocycles. The molecule has 2 fully saturated rings. The van der Waals surface area contributed by atoms with Gasteiger partial charge in [0.25, 0.3) is 0 Å². The predicted molar refractivity (Wildman–Crippen MR) is 181 cm³/mol. The molecule has 4 heterocycles. The molecular weight excluding hydrogens is 612 g/mol. The van der Waals surface area contributed by atoms with E-state index in [4.69, 9.17) is 9.97 Å². The molecule has 6 rings (SSSR count). The molecule has 0 spiro atoms. The second kappa shape index (κ2) is 13.4. The van der Waals surface area contributed by atoms with Crippen LogP contribution in [0, 0.1) is 12.7 Å².